The Kier molecular flexibility index (Phi) is 4.82. The Morgan fingerprint density at radius 1 is 1.20 bits per heavy atom. The molecule has 0 atom stereocenters. The summed E-state index contributed by atoms with van der Waals surface area (Å²) in [6.07, 6.45) is 0. The highest BCUT2D eigenvalue weighted by Crippen LogP contribution is 2.32. The summed E-state index contributed by atoms with van der Waals surface area (Å²) in [6.45, 7) is 0.316. The number of hydrogen-bond acceptors (Lipinski definition) is 3. The summed E-state index contributed by atoms with van der Waals surface area (Å²) in [5.74, 6) is 0.666. The van der Waals surface area contributed by atoms with E-state index in [4.69, 9.17) is 26.8 Å². The maximum Gasteiger partial charge on any atom is 0.166 e. The Hall–Kier alpha value is -1.78. The molecule has 0 aliphatic carbocycles. The van der Waals surface area contributed by atoms with Gasteiger partial charge in [-0.15, -0.1) is 0 Å². The van der Waals surface area contributed by atoms with Gasteiger partial charge < -0.3 is 15.2 Å². The SMILES string of the molecule is COc1cccc(CN)c1OCc1c(F)cccc1Cl. The van der Waals surface area contributed by atoms with E-state index >= 15 is 0 Å². The largest absolute Gasteiger partial charge is 0.493 e. The molecule has 0 saturated carbocycles. The third-order valence-corrected chi connectivity index (χ3v) is 3.28. The third-order valence-electron chi connectivity index (χ3n) is 2.92. The topological polar surface area (TPSA) is 44.5 Å². The highest BCUT2D eigenvalue weighted by Gasteiger charge is 2.12. The highest BCUT2D eigenvalue weighted by atomic mass is 35.5. The lowest BCUT2D eigenvalue weighted by atomic mass is 10.2. The van der Waals surface area contributed by atoms with Crippen molar-refractivity contribution in [2.45, 2.75) is 13.2 Å². The van der Waals surface area contributed by atoms with Crippen molar-refractivity contribution in [1.29, 1.82) is 0 Å². The molecule has 0 unspecified atom stereocenters. The van der Waals surface area contributed by atoms with Crippen LogP contribution in [0.4, 0.5) is 4.39 Å². The second-order valence-corrected chi connectivity index (χ2v) is 4.55. The van der Waals surface area contributed by atoms with E-state index in [0.717, 1.165) is 5.56 Å². The predicted octanol–water partition coefficient (Wildman–Crippen LogP) is 3.53. The molecule has 0 bridgehead atoms. The van der Waals surface area contributed by atoms with Crippen LogP contribution in [0.5, 0.6) is 11.5 Å². The first-order valence-corrected chi connectivity index (χ1v) is 6.46. The molecule has 2 aromatic carbocycles. The molecular formula is C15H15ClFNO2. The van der Waals surface area contributed by atoms with Crippen LogP contribution >= 0.6 is 11.6 Å². The molecule has 0 spiro atoms. The fourth-order valence-electron chi connectivity index (χ4n) is 1.86. The second kappa shape index (κ2) is 6.59. The second-order valence-electron chi connectivity index (χ2n) is 4.14. The molecule has 0 radical (unpaired) electrons. The molecule has 20 heavy (non-hydrogen) atoms. The van der Waals surface area contributed by atoms with Gasteiger partial charge in [0.25, 0.3) is 0 Å². The van der Waals surface area contributed by atoms with Gasteiger partial charge in [0.15, 0.2) is 11.5 Å². The first-order chi connectivity index (χ1) is 9.67. The molecule has 0 saturated heterocycles. The van der Waals surface area contributed by atoms with Crippen molar-refractivity contribution in [2.75, 3.05) is 7.11 Å². The van der Waals surface area contributed by atoms with Gasteiger partial charge in [0.1, 0.15) is 12.4 Å². The zero-order valence-electron chi connectivity index (χ0n) is 11.0. The molecule has 0 amide bonds. The first kappa shape index (κ1) is 14.6. The van der Waals surface area contributed by atoms with Crippen LogP contribution in [0.25, 0.3) is 0 Å². The molecule has 0 aromatic heterocycles. The van der Waals surface area contributed by atoms with Crippen LogP contribution in [0.3, 0.4) is 0 Å². The number of methoxy groups -OCH3 is 1. The van der Waals surface area contributed by atoms with E-state index in [1.54, 1.807) is 25.3 Å². The van der Waals surface area contributed by atoms with Gasteiger partial charge in [-0.05, 0) is 18.2 Å². The Bertz CT molecular complexity index is 562. The van der Waals surface area contributed by atoms with Crippen molar-refractivity contribution < 1.29 is 13.9 Å². The van der Waals surface area contributed by atoms with E-state index < -0.39 is 5.82 Å². The maximum absolute atomic E-state index is 13.7. The lowest BCUT2D eigenvalue weighted by Crippen LogP contribution is -2.05. The monoisotopic (exact) mass is 295 g/mol. The van der Waals surface area contributed by atoms with Crippen LogP contribution in [0.1, 0.15) is 11.1 Å². The van der Waals surface area contributed by atoms with Crippen molar-refractivity contribution in [3.8, 4) is 11.5 Å². The molecular weight excluding hydrogens is 281 g/mol. The highest BCUT2D eigenvalue weighted by molar-refractivity contribution is 6.31. The molecule has 0 fully saturated rings. The summed E-state index contributed by atoms with van der Waals surface area (Å²) in [5.41, 5.74) is 6.76. The van der Waals surface area contributed by atoms with E-state index in [1.165, 1.54) is 6.07 Å². The fourth-order valence-corrected chi connectivity index (χ4v) is 2.08. The van der Waals surface area contributed by atoms with Crippen molar-refractivity contribution in [1.82, 2.24) is 0 Å². The van der Waals surface area contributed by atoms with Crippen molar-refractivity contribution in [3.63, 3.8) is 0 Å². The minimum absolute atomic E-state index is 0.0128. The average molecular weight is 296 g/mol. The average Bonchev–Trinajstić information content (AvgIpc) is 2.46. The molecule has 0 aliphatic rings. The summed E-state index contributed by atoms with van der Waals surface area (Å²) < 4.78 is 24.6. The third kappa shape index (κ3) is 3.03. The Morgan fingerprint density at radius 2 is 1.95 bits per heavy atom. The van der Waals surface area contributed by atoms with Crippen molar-refractivity contribution >= 4 is 11.6 Å². The van der Waals surface area contributed by atoms with E-state index in [2.05, 4.69) is 0 Å². The van der Waals surface area contributed by atoms with E-state index in [9.17, 15) is 4.39 Å². The molecule has 2 N–H and O–H groups in total. The van der Waals surface area contributed by atoms with Crippen molar-refractivity contribution in [2.24, 2.45) is 5.73 Å². The number of halogens is 2. The van der Waals surface area contributed by atoms with Crippen LogP contribution in [0.2, 0.25) is 5.02 Å². The molecule has 0 heterocycles. The zero-order valence-corrected chi connectivity index (χ0v) is 11.8. The maximum atomic E-state index is 13.7. The predicted molar refractivity (Wildman–Crippen MR) is 76.6 cm³/mol. The number of hydrogen-bond donors (Lipinski definition) is 1. The normalized spacial score (nSPS) is 10.4. The number of para-hydroxylation sites is 1. The van der Waals surface area contributed by atoms with Crippen LogP contribution in [-0.4, -0.2) is 7.11 Å². The number of rotatable bonds is 5. The molecule has 5 heteroatoms. The lowest BCUT2D eigenvalue weighted by Gasteiger charge is -2.15. The van der Waals surface area contributed by atoms with E-state index in [1.807, 2.05) is 12.1 Å². The molecule has 3 nitrogen and oxygen atoms in total. The van der Waals surface area contributed by atoms with Gasteiger partial charge in [-0.3, -0.25) is 0 Å². The standard InChI is InChI=1S/C15H15ClFNO2/c1-19-14-7-2-4-10(8-18)15(14)20-9-11-12(16)5-3-6-13(11)17/h2-7H,8-9,18H2,1H3. The molecule has 2 rings (SSSR count). The van der Waals surface area contributed by atoms with Gasteiger partial charge in [-0.1, -0.05) is 29.8 Å². The Labute approximate surface area is 122 Å². The molecule has 0 aliphatic heterocycles. The molecule has 106 valence electrons. The van der Waals surface area contributed by atoms with Gasteiger partial charge in [0.05, 0.1) is 12.1 Å². The van der Waals surface area contributed by atoms with Gasteiger partial charge >= 0.3 is 0 Å². The van der Waals surface area contributed by atoms with Crippen molar-refractivity contribution in [3.05, 3.63) is 58.4 Å². The lowest BCUT2D eigenvalue weighted by molar-refractivity contribution is 0.277. The minimum Gasteiger partial charge on any atom is -0.493 e. The van der Waals surface area contributed by atoms with Gasteiger partial charge in [0, 0.05) is 17.7 Å². The summed E-state index contributed by atoms with van der Waals surface area (Å²) in [5, 5.41) is 0.328. The number of benzene rings is 2. The molecule has 2 aromatic rings. The van der Waals surface area contributed by atoms with Crippen LogP contribution < -0.4 is 15.2 Å². The van der Waals surface area contributed by atoms with E-state index in [0.29, 0.717) is 28.6 Å². The zero-order chi connectivity index (χ0) is 14.5. The number of nitrogens with two attached hydrogens (primary N) is 1. The fraction of sp³-hybridized carbons (Fsp3) is 0.200. The Balaban J connectivity index is 2.27. The first-order valence-electron chi connectivity index (χ1n) is 6.09. The summed E-state index contributed by atoms with van der Waals surface area (Å²) in [6, 6.07) is 9.93. The van der Waals surface area contributed by atoms with Crippen LogP contribution in [-0.2, 0) is 13.2 Å². The summed E-state index contributed by atoms with van der Waals surface area (Å²) in [7, 11) is 1.54. The Morgan fingerprint density at radius 3 is 2.60 bits per heavy atom. The van der Waals surface area contributed by atoms with E-state index in [-0.39, 0.29) is 6.61 Å². The summed E-state index contributed by atoms with van der Waals surface area (Å²) >= 11 is 5.97. The van der Waals surface area contributed by atoms with Crippen LogP contribution in [0, 0.1) is 5.82 Å². The van der Waals surface area contributed by atoms with Crippen LogP contribution in [0.15, 0.2) is 36.4 Å². The minimum atomic E-state index is -0.401. The van der Waals surface area contributed by atoms with Gasteiger partial charge in [-0.2, -0.15) is 0 Å². The van der Waals surface area contributed by atoms with Gasteiger partial charge in [-0.25, -0.2) is 4.39 Å². The smallest absolute Gasteiger partial charge is 0.166 e. The summed E-state index contributed by atoms with van der Waals surface area (Å²) in [4.78, 5) is 0. The van der Waals surface area contributed by atoms with Gasteiger partial charge in [0.2, 0.25) is 0 Å². The number of ether oxygens (including phenoxy) is 2. The quantitative estimate of drug-likeness (QED) is 0.918.